The topological polar surface area (TPSA) is 88.8 Å². The van der Waals surface area contributed by atoms with Gasteiger partial charge in [0, 0.05) is 11.4 Å². The first kappa shape index (κ1) is 22.6. The summed E-state index contributed by atoms with van der Waals surface area (Å²) in [6, 6.07) is 15.7. The van der Waals surface area contributed by atoms with Crippen LogP contribution in [0.25, 0.3) is 5.69 Å². The number of benzene rings is 2. The standard InChI is InChI=1S/C23H22FN7OS2/c24-16-8-10-17(11-9-16)25-21(32)22-28-27-20(34-22)15-33-23-29-26-19(14-30-12-4-5-13-30)31(23)18-6-2-1-3-7-18/h1-3,6-11H,4-5,12-15H2,(H,25,32). The molecule has 0 radical (unpaired) electrons. The number of aromatic nitrogens is 5. The van der Waals surface area contributed by atoms with Gasteiger partial charge < -0.3 is 5.32 Å². The molecule has 11 heteroatoms. The summed E-state index contributed by atoms with van der Waals surface area (Å²) in [4.78, 5) is 14.9. The van der Waals surface area contributed by atoms with Gasteiger partial charge in [-0.3, -0.25) is 14.3 Å². The van der Waals surface area contributed by atoms with E-state index in [1.807, 2.05) is 30.3 Å². The largest absolute Gasteiger partial charge is 0.320 e. The molecule has 8 nitrogen and oxygen atoms in total. The van der Waals surface area contributed by atoms with E-state index < -0.39 is 0 Å². The fourth-order valence-corrected chi connectivity index (χ4v) is 5.41. The number of rotatable bonds is 8. The summed E-state index contributed by atoms with van der Waals surface area (Å²) >= 11 is 2.73. The highest BCUT2D eigenvalue weighted by Gasteiger charge is 2.20. The average Bonchev–Trinajstić information content (AvgIpc) is 3.62. The molecule has 2 aromatic carbocycles. The average molecular weight is 496 g/mol. The highest BCUT2D eigenvalue weighted by atomic mass is 32.2. The van der Waals surface area contributed by atoms with Crippen LogP contribution in [0.5, 0.6) is 0 Å². The van der Waals surface area contributed by atoms with Gasteiger partial charge in [-0.05, 0) is 62.3 Å². The SMILES string of the molecule is O=C(Nc1ccc(F)cc1)c1nnc(CSc2nnc(CN3CCCC3)n2-c2ccccc2)s1. The van der Waals surface area contributed by atoms with Gasteiger partial charge in [-0.1, -0.05) is 41.3 Å². The first-order valence-electron chi connectivity index (χ1n) is 10.9. The monoisotopic (exact) mass is 495 g/mol. The van der Waals surface area contributed by atoms with Gasteiger partial charge >= 0.3 is 0 Å². The number of anilines is 1. The molecule has 1 N–H and O–H groups in total. The van der Waals surface area contributed by atoms with Crippen LogP contribution in [0, 0.1) is 5.82 Å². The van der Waals surface area contributed by atoms with Crippen LogP contribution in [-0.4, -0.2) is 48.9 Å². The maximum atomic E-state index is 13.1. The Morgan fingerprint density at radius 2 is 1.76 bits per heavy atom. The van der Waals surface area contributed by atoms with Gasteiger partial charge in [-0.25, -0.2) is 4.39 Å². The molecule has 1 aliphatic rings. The molecule has 5 rings (SSSR count). The molecule has 0 bridgehead atoms. The Bertz CT molecular complexity index is 1250. The summed E-state index contributed by atoms with van der Waals surface area (Å²) in [5.41, 5.74) is 1.51. The molecule has 0 aliphatic carbocycles. The zero-order valence-electron chi connectivity index (χ0n) is 18.2. The lowest BCUT2D eigenvalue weighted by molar-refractivity contribution is 0.102. The van der Waals surface area contributed by atoms with E-state index in [-0.39, 0.29) is 16.7 Å². The summed E-state index contributed by atoms with van der Waals surface area (Å²) in [7, 11) is 0. The maximum Gasteiger partial charge on any atom is 0.286 e. The van der Waals surface area contributed by atoms with Crippen molar-refractivity contribution < 1.29 is 9.18 Å². The van der Waals surface area contributed by atoms with E-state index in [2.05, 4.69) is 35.2 Å². The minimum Gasteiger partial charge on any atom is -0.320 e. The Morgan fingerprint density at radius 1 is 1.00 bits per heavy atom. The molecule has 1 saturated heterocycles. The number of likely N-dealkylation sites (tertiary alicyclic amines) is 1. The van der Waals surface area contributed by atoms with E-state index in [1.165, 1.54) is 60.2 Å². The van der Waals surface area contributed by atoms with Crippen molar-refractivity contribution in [1.82, 2.24) is 29.9 Å². The number of nitrogens with zero attached hydrogens (tertiary/aromatic N) is 6. The molecule has 174 valence electrons. The lowest BCUT2D eigenvalue weighted by Gasteiger charge is -2.15. The maximum absolute atomic E-state index is 13.1. The molecule has 1 aliphatic heterocycles. The second kappa shape index (κ2) is 10.4. The highest BCUT2D eigenvalue weighted by molar-refractivity contribution is 7.98. The number of hydrogen-bond donors (Lipinski definition) is 1. The van der Waals surface area contributed by atoms with Crippen molar-refractivity contribution in [2.24, 2.45) is 0 Å². The van der Waals surface area contributed by atoms with Gasteiger partial charge in [0.1, 0.15) is 10.8 Å². The van der Waals surface area contributed by atoms with Crippen molar-refractivity contribution >= 4 is 34.7 Å². The Morgan fingerprint density at radius 3 is 2.53 bits per heavy atom. The summed E-state index contributed by atoms with van der Waals surface area (Å²) in [5.74, 6) is 0.684. The van der Waals surface area contributed by atoms with Crippen molar-refractivity contribution in [2.75, 3.05) is 18.4 Å². The fraction of sp³-hybridized carbons (Fsp3) is 0.261. The molecule has 1 fully saturated rings. The summed E-state index contributed by atoms with van der Waals surface area (Å²) in [6.45, 7) is 2.92. The zero-order valence-corrected chi connectivity index (χ0v) is 19.9. The number of thioether (sulfide) groups is 1. The first-order chi connectivity index (χ1) is 16.7. The molecular formula is C23H22FN7OS2. The van der Waals surface area contributed by atoms with Crippen LogP contribution in [0.4, 0.5) is 10.1 Å². The zero-order chi connectivity index (χ0) is 23.3. The first-order valence-corrected chi connectivity index (χ1v) is 12.7. The van der Waals surface area contributed by atoms with Gasteiger partial charge in [0.15, 0.2) is 11.0 Å². The second-order valence-corrected chi connectivity index (χ2v) is 9.81. The van der Waals surface area contributed by atoms with Crippen LogP contribution in [0.3, 0.4) is 0 Å². The molecule has 1 amide bonds. The highest BCUT2D eigenvalue weighted by Crippen LogP contribution is 2.27. The minimum atomic E-state index is -0.374. The van der Waals surface area contributed by atoms with Crippen molar-refractivity contribution in [2.45, 2.75) is 30.3 Å². The number of hydrogen-bond acceptors (Lipinski definition) is 8. The third-order valence-corrected chi connectivity index (χ3v) is 7.41. The number of halogens is 1. The van der Waals surface area contributed by atoms with Crippen molar-refractivity contribution in [1.29, 1.82) is 0 Å². The van der Waals surface area contributed by atoms with Gasteiger partial charge in [0.05, 0.1) is 12.3 Å². The molecule has 2 aromatic heterocycles. The quantitative estimate of drug-likeness (QED) is 0.363. The van der Waals surface area contributed by atoms with E-state index in [4.69, 9.17) is 0 Å². The number of para-hydroxylation sites is 1. The molecule has 0 atom stereocenters. The van der Waals surface area contributed by atoms with Crippen molar-refractivity contribution in [3.8, 4) is 5.69 Å². The molecule has 0 saturated carbocycles. The van der Waals surface area contributed by atoms with E-state index in [0.29, 0.717) is 16.4 Å². The van der Waals surface area contributed by atoms with Gasteiger partial charge in [-0.2, -0.15) is 0 Å². The molecule has 0 spiro atoms. The minimum absolute atomic E-state index is 0.249. The summed E-state index contributed by atoms with van der Waals surface area (Å²) in [6.07, 6.45) is 2.43. The molecule has 34 heavy (non-hydrogen) atoms. The Balaban J connectivity index is 1.28. The Hall–Kier alpha value is -3.15. The smallest absolute Gasteiger partial charge is 0.286 e. The Kier molecular flexibility index (Phi) is 6.93. The second-order valence-electron chi connectivity index (χ2n) is 7.80. The predicted molar refractivity (Wildman–Crippen MR) is 130 cm³/mol. The van der Waals surface area contributed by atoms with E-state index in [9.17, 15) is 9.18 Å². The lowest BCUT2D eigenvalue weighted by atomic mass is 10.3. The number of amides is 1. The van der Waals surface area contributed by atoms with Crippen LogP contribution in [0.1, 0.15) is 33.5 Å². The fourth-order valence-electron chi connectivity index (χ4n) is 3.72. The molecule has 3 heterocycles. The van der Waals surface area contributed by atoms with E-state index in [1.54, 1.807) is 0 Å². The molecular weight excluding hydrogens is 473 g/mol. The van der Waals surface area contributed by atoms with Crippen LogP contribution in [-0.2, 0) is 12.3 Å². The van der Waals surface area contributed by atoms with Crippen LogP contribution in [0.2, 0.25) is 0 Å². The van der Waals surface area contributed by atoms with Gasteiger partial charge in [0.2, 0.25) is 5.01 Å². The molecule has 4 aromatic rings. The third-order valence-electron chi connectivity index (χ3n) is 5.37. The van der Waals surface area contributed by atoms with Crippen LogP contribution < -0.4 is 5.32 Å². The van der Waals surface area contributed by atoms with Gasteiger partial charge in [0.25, 0.3) is 5.91 Å². The number of nitrogens with one attached hydrogen (secondary N) is 1. The summed E-state index contributed by atoms with van der Waals surface area (Å²) < 4.78 is 15.2. The normalized spacial score (nSPS) is 13.9. The predicted octanol–water partition coefficient (Wildman–Crippen LogP) is 4.40. The number of carbonyl (C=O) groups excluding carboxylic acids is 1. The lowest BCUT2D eigenvalue weighted by Crippen LogP contribution is -2.21. The molecule has 0 unspecified atom stereocenters. The van der Waals surface area contributed by atoms with Crippen LogP contribution >= 0.6 is 23.1 Å². The third kappa shape index (κ3) is 5.32. The van der Waals surface area contributed by atoms with Crippen molar-refractivity contribution in [3.63, 3.8) is 0 Å². The van der Waals surface area contributed by atoms with Crippen LogP contribution in [0.15, 0.2) is 59.8 Å². The van der Waals surface area contributed by atoms with E-state index in [0.717, 1.165) is 36.3 Å². The number of carbonyl (C=O) groups is 1. The van der Waals surface area contributed by atoms with Gasteiger partial charge in [-0.15, -0.1) is 20.4 Å². The Labute approximate surface area is 204 Å². The summed E-state index contributed by atoms with van der Waals surface area (Å²) in [5, 5.41) is 21.5. The van der Waals surface area contributed by atoms with Crippen molar-refractivity contribution in [3.05, 3.63) is 76.3 Å². The van der Waals surface area contributed by atoms with E-state index >= 15 is 0 Å².